The van der Waals surface area contributed by atoms with Crippen LogP contribution in [-0.4, -0.2) is 4.57 Å². The second-order valence-corrected chi connectivity index (χ2v) is 20.7. The highest BCUT2D eigenvalue weighted by Crippen LogP contribution is 2.79. The van der Waals surface area contributed by atoms with E-state index in [9.17, 15) is 0 Å². The van der Waals surface area contributed by atoms with Gasteiger partial charge in [-0.2, -0.15) is 0 Å². The van der Waals surface area contributed by atoms with Gasteiger partial charge in [-0.05, 0) is 143 Å². The van der Waals surface area contributed by atoms with Crippen molar-refractivity contribution < 1.29 is 0 Å². The van der Waals surface area contributed by atoms with Crippen molar-refractivity contribution in [2.75, 3.05) is 4.90 Å². The molecule has 0 radical (unpaired) electrons. The molecule has 15 rings (SSSR count). The Labute approximate surface area is 383 Å². The predicted molar refractivity (Wildman–Crippen MR) is 274 cm³/mol. The Morgan fingerprint density at radius 1 is 0.477 bits per heavy atom. The molecule has 2 heterocycles. The maximum absolute atomic E-state index is 2.58. The van der Waals surface area contributed by atoms with Gasteiger partial charge < -0.3 is 9.47 Å². The second-order valence-electron chi connectivity index (χ2n) is 19.7. The summed E-state index contributed by atoms with van der Waals surface area (Å²) in [4.78, 5) is 2.58. The summed E-state index contributed by atoms with van der Waals surface area (Å²) >= 11 is 1.91. The molecule has 0 saturated heterocycles. The van der Waals surface area contributed by atoms with Crippen molar-refractivity contribution >= 4 is 81.1 Å². The van der Waals surface area contributed by atoms with Crippen LogP contribution in [0.1, 0.15) is 31.2 Å². The summed E-state index contributed by atoms with van der Waals surface area (Å²) in [6.07, 6.45) is 5.67. The van der Waals surface area contributed by atoms with E-state index >= 15 is 0 Å². The number of hydrogen-bond donors (Lipinski definition) is 0. The molecule has 6 atom stereocenters. The molecule has 9 aromatic carbocycles. The Morgan fingerprint density at radius 2 is 1.12 bits per heavy atom. The minimum atomic E-state index is 0.295. The summed E-state index contributed by atoms with van der Waals surface area (Å²) in [5.74, 6) is 4.64. The van der Waals surface area contributed by atoms with E-state index in [4.69, 9.17) is 0 Å². The van der Waals surface area contributed by atoms with E-state index in [2.05, 4.69) is 210 Å². The molecule has 4 aliphatic carbocycles. The van der Waals surface area contributed by atoms with Crippen molar-refractivity contribution in [3.63, 3.8) is 0 Å². The zero-order valence-electron chi connectivity index (χ0n) is 36.1. The summed E-state index contributed by atoms with van der Waals surface area (Å²) in [6.45, 7) is 0. The van der Waals surface area contributed by atoms with Gasteiger partial charge in [0.25, 0.3) is 0 Å². The van der Waals surface area contributed by atoms with E-state index in [1.54, 1.807) is 5.56 Å². The third kappa shape index (κ3) is 5.05. The first kappa shape index (κ1) is 36.4. The maximum atomic E-state index is 2.58. The molecule has 4 aliphatic rings. The van der Waals surface area contributed by atoms with E-state index in [1.807, 2.05) is 11.3 Å². The minimum absolute atomic E-state index is 0.295. The van der Waals surface area contributed by atoms with Crippen molar-refractivity contribution in [3.8, 4) is 27.9 Å². The smallest absolute Gasteiger partial charge is 0.0547 e. The van der Waals surface area contributed by atoms with Gasteiger partial charge in [0.15, 0.2) is 0 Å². The van der Waals surface area contributed by atoms with Crippen LogP contribution in [0, 0.1) is 29.6 Å². The number of thiophene rings is 1. The average molecular weight is 851 g/mol. The third-order valence-corrected chi connectivity index (χ3v) is 18.0. The Balaban J connectivity index is 0.870. The molecule has 2 nitrogen and oxygen atoms in total. The molecule has 0 bridgehead atoms. The molecule has 2 aromatic heterocycles. The quantitative estimate of drug-likeness (QED) is 0.155. The molecule has 65 heavy (non-hydrogen) atoms. The van der Waals surface area contributed by atoms with Crippen LogP contribution in [0.5, 0.6) is 0 Å². The zero-order valence-corrected chi connectivity index (χ0v) is 36.9. The topological polar surface area (TPSA) is 8.17 Å². The molecule has 310 valence electrons. The fraction of sp³-hybridized carbons (Fsp3) is 0.161. The van der Waals surface area contributed by atoms with Crippen LogP contribution < -0.4 is 4.90 Å². The molecular formula is C62H46N2S. The van der Waals surface area contributed by atoms with Gasteiger partial charge in [0.1, 0.15) is 0 Å². The molecule has 3 unspecified atom stereocenters. The average Bonchev–Trinajstić information content (AvgIpc) is 4.02. The molecule has 3 heteroatoms. The fourth-order valence-electron chi connectivity index (χ4n) is 14.3. The van der Waals surface area contributed by atoms with Crippen LogP contribution in [-0.2, 0) is 5.41 Å². The molecular weight excluding hydrogens is 805 g/mol. The highest BCUT2D eigenvalue weighted by molar-refractivity contribution is 7.26. The summed E-state index contributed by atoms with van der Waals surface area (Å²) < 4.78 is 5.19. The van der Waals surface area contributed by atoms with Gasteiger partial charge in [-0.1, -0.05) is 146 Å². The second kappa shape index (κ2) is 13.5. The lowest BCUT2D eigenvalue weighted by atomic mass is 9.53. The first-order valence-corrected chi connectivity index (χ1v) is 24.5. The van der Waals surface area contributed by atoms with Crippen LogP contribution in [0.15, 0.2) is 200 Å². The number of para-hydroxylation sites is 3. The number of rotatable bonds is 7. The van der Waals surface area contributed by atoms with Gasteiger partial charge in [0.2, 0.25) is 0 Å². The highest BCUT2D eigenvalue weighted by atomic mass is 32.1. The number of hydrogen-bond acceptors (Lipinski definition) is 2. The van der Waals surface area contributed by atoms with Gasteiger partial charge in [0.05, 0.1) is 16.7 Å². The van der Waals surface area contributed by atoms with Crippen molar-refractivity contribution in [1.29, 1.82) is 0 Å². The summed E-state index contributed by atoms with van der Waals surface area (Å²) in [7, 11) is 0. The Hall–Kier alpha value is -6.94. The standard InChI is InChI=1S/C62H46N2S/c1-2-14-47-38(12-1)28-33-56-59(47)51-16-4-8-21-54(51)64(56)53-20-7-3-13-46(53)39-24-29-44(30-25-39)63(55-22-9-6-19-52(55)62-36-42-34-41-35-43(37-62)60(62)58(41)42)45-31-26-40(27-32-45)48-17-11-18-50-49-15-5-10-23-57(49)65-61(48)50/h1-33,41-43,58,60H,34-37H2/t41-,42?,43?,58+,60?,62-/m1/s1. The SMILES string of the molecule is c1ccc(-n2c3ccccc3c3c4ccccc4ccc32)c(-c2ccc(N(c3ccc(-c4cccc5c4sc4ccccc45)cc3)c3ccccc3[C@]34CC5C[C@H]6CC(C3)[C@H]6C54)cc2)c1. The van der Waals surface area contributed by atoms with Crippen LogP contribution >= 0.6 is 11.3 Å². The van der Waals surface area contributed by atoms with E-state index in [-0.39, 0.29) is 0 Å². The van der Waals surface area contributed by atoms with E-state index in [0.29, 0.717) is 5.41 Å². The molecule has 0 aliphatic heterocycles. The predicted octanol–water partition coefficient (Wildman–Crippen LogP) is 17.0. The van der Waals surface area contributed by atoms with Crippen molar-refractivity contribution in [2.45, 2.75) is 31.1 Å². The van der Waals surface area contributed by atoms with Gasteiger partial charge in [-0.3, -0.25) is 0 Å². The lowest BCUT2D eigenvalue weighted by Gasteiger charge is -2.52. The summed E-state index contributed by atoms with van der Waals surface area (Å²) in [5.41, 5.74) is 14.3. The number of benzene rings is 9. The van der Waals surface area contributed by atoms with Crippen LogP contribution in [0.25, 0.3) is 80.7 Å². The Kier molecular flexibility index (Phi) is 7.59. The maximum Gasteiger partial charge on any atom is 0.0547 e. The summed E-state index contributed by atoms with van der Waals surface area (Å²) in [6, 6.07) is 75.3. The van der Waals surface area contributed by atoms with E-state index in [0.717, 1.165) is 29.6 Å². The van der Waals surface area contributed by atoms with Crippen molar-refractivity contribution in [1.82, 2.24) is 4.57 Å². The molecule has 0 spiro atoms. The monoisotopic (exact) mass is 850 g/mol. The van der Waals surface area contributed by atoms with E-state index < -0.39 is 0 Å². The number of fused-ring (bicyclic) bond motifs is 8. The highest BCUT2D eigenvalue weighted by Gasteiger charge is 2.73. The van der Waals surface area contributed by atoms with Crippen LogP contribution in [0.3, 0.4) is 0 Å². The number of anilines is 3. The molecule has 11 aromatic rings. The van der Waals surface area contributed by atoms with Gasteiger partial charge >= 0.3 is 0 Å². The normalized spacial score (nSPS) is 22.7. The fourth-order valence-corrected chi connectivity index (χ4v) is 15.6. The Bertz CT molecular complexity index is 3720. The van der Waals surface area contributed by atoms with E-state index in [1.165, 1.54) is 123 Å². The number of aromatic nitrogens is 1. The van der Waals surface area contributed by atoms with Gasteiger partial charge in [-0.15, -0.1) is 11.3 Å². The third-order valence-electron chi connectivity index (χ3n) is 16.8. The first-order chi connectivity index (χ1) is 32.2. The van der Waals surface area contributed by atoms with Crippen LogP contribution in [0.4, 0.5) is 17.1 Å². The van der Waals surface area contributed by atoms with Gasteiger partial charge in [-0.25, -0.2) is 0 Å². The van der Waals surface area contributed by atoms with Crippen LogP contribution in [0.2, 0.25) is 0 Å². The first-order valence-electron chi connectivity index (χ1n) is 23.7. The molecule has 0 N–H and O–H groups in total. The molecule has 4 saturated carbocycles. The lowest BCUT2D eigenvalue weighted by Crippen LogP contribution is -2.47. The molecule has 0 amide bonds. The lowest BCUT2D eigenvalue weighted by molar-refractivity contribution is 0.0688. The van der Waals surface area contributed by atoms with Crippen molar-refractivity contribution in [3.05, 3.63) is 206 Å². The molecule has 4 fully saturated rings. The Morgan fingerprint density at radius 3 is 1.98 bits per heavy atom. The van der Waals surface area contributed by atoms with Crippen molar-refractivity contribution in [2.24, 2.45) is 29.6 Å². The summed E-state index contributed by atoms with van der Waals surface area (Å²) in [5, 5.41) is 7.84. The minimum Gasteiger partial charge on any atom is -0.310 e. The van der Waals surface area contributed by atoms with Gasteiger partial charge in [0, 0.05) is 59.0 Å². The number of nitrogens with zero attached hydrogens (tertiary/aromatic N) is 2. The zero-order chi connectivity index (χ0) is 42.4. The largest absolute Gasteiger partial charge is 0.310 e.